The van der Waals surface area contributed by atoms with Gasteiger partial charge in [0.2, 0.25) is 0 Å². The maximum absolute atomic E-state index is 5.53. The lowest BCUT2D eigenvalue weighted by Crippen LogP contribution is -2.31. The van der Waals surface area contributed by atoms with E-state index in [0.717, 1.165) is 22.1 Å². The molecule has 0 amide bonds. The second-order valence-corrected chi connectivity index (χ2v) is 14.0. The molecule has 9 aromatic carbocycles. The molecule has 246 valence electrons. The predicted molar refractivity (Wildman–Crippen MR) is 218 cm³/mol. The van der Waals surface area contributed by atoms with Gasteiger partial charge in [-0.15, -0.1) is 0 Å². The van der Waals surface area contributed by atoms with Crippen LogP contribution in [0.25, 0.3) is 77.0 Å². The van der Waals surface area contributed by atoms with Crippen LogP contribution in [-0.2, 0) is 5.41 Å². The van der Waals surface area contributed by atoms with Crippen molar-refractivity contribution in [2.75, 3.05) is 0 Å². The maximum atomic E-state index is 5.53. The van der Waals surface area contributed by atoms with Crippen molar-refractivity contribution < 1.29 is 0 Å². The van der Waals surface area contributed by atoms with Crippen molar-refractivity contribution in [1.29, 1.82) is 0 Å². The Balaban J connectivity index is 1.23. The van der Waals surface area contributed by atoms with Crippen molar-refractivity contribution in [1.82, 2.24) is 15.0 Å². The monoisotopic (exact) mass is 673 g/mol. The van der Waals surface area contributed by atoms with E-state index in [1.54, 1.807) is 0 Å². The lowest BCUT2D eigenvalue weighted by molar-refractivity contribution is 0.692. The highest BCUT2D eigenvalue weighted by Crippen LogP contribution is 2.55. The van der Waals surface area contributed by atoms with E-state index in [1.165, 1.54) is 60.0 Å². The predicted octanol–water partition coefficient (Wildman–Crippen LogP) is 12.2. The van der Waals surface area contributed by atoms with Gasteiger partial charge in [0, 0.05) is 11.1 Å². The van der Waals surface area contributed by atoms with Crippen molar-refractivity contribution in [3.05, 3.63) is 211 Å². The Bertz CT molecular complexity index is 3030. The summed E-state index contributed by atoms with van der Waals surface area (Å²) in [6.45, 7) is 0. The minimum absolute atomic E-state index is 0.648. The molecule has 1 aliphatic rings. The molecule has 0 bridgehead atoms. The van der Waals surface area contributed by atoms with Crippen molar-refractivity contribution in [3.8, 4) is 33.9 Å². The van der Waals surface area contributed by atoms with E-state index < -0.39 is 5.41 Å². The van der Waals surface area contributed by atoms with Gasteiger partial charge in [-0.05, 0) is 83.0 Å². The standard InChI is InChI=1S/C50H31N3/c1-2-15-38(16-3-1)50(45-20-10-8-18-42(45)43-19-9-11-21-46(43)50)49-52-47(36-24-22-32-12-4-5-14-35(32)30-36)51-48(53-49)37-25-23-34-27-28-40-39-17-7-6-13-33(39)26-29-41(40)44(34)31-37/h1-31H. The Kier molecular flexibility index (Phi) is 6.47. The smallest absolute Gasteiger partial charge is 0.163 e. The van der Waals surface area contributed by atoms with Gasteiger partial charge in [-0.1, -0.05) is 176 Å². The van der Waals surface area contributed by atoms with Gasteiger partial charge in [-0.3, -0.25) is 0 Å². The fourth-order valence-corrected chi connectivity index (χ4v) is 8.69. The highest BCUT2D eigenvalue weighted by Gasteiger charge is 2.48. The molecule has 53 heavy (non-hydrogen) atoms. The van der Waals surface area contributed by atoms with Gasteiger partial charge < -0.3 is 0 Å². The molecule has 3 heteroatoms. The van der Waals surface area contributed by atoms with Crippen LogP contribution in [0.1, 0.15) is 22.5 Å². The first kappa shape index (κ1) is 29.7. The van der Waals surface area contributed by atoms with E-state index in [4.69, 9.17) is 15.0 Å². The van der Waals surface area contributed by atoms with Crippen molar-refractivity contribution in [2.24, 2.45) is 0 Å². The quantitative estimate of drug-likeness (QED) is 0.175. The summed E-state index contributed by atoms with van der Waals surface area (Å²) in [6.07, 6.45) is 0. The Hall–Kier alpha value is -6.97. The summed E-state index contributed by atoms with van der Waals surface area (Å²) in [5.74, 6) is 2.00. The highest BCUT2D eigenvalue weighted by molar-refractivity contribution is 6.17. The molecule has 1 aliphatic carbocycles. The first-order valence-electron chi connectivity index (χ1n) is 18.1. The summed E-state index contributed by atoms with van der Waals surface area (Å²) in [5, 5.41) is 9.62. The Morgan fingerprint density at radius 3 is 1.55 bits per heavy atom. The zero-order valence-electron chi connectivity index (χ0n) is 28.7. The fraction of sp³-hybridized carbons (Fsp3) is 0.0200. The lowest BCUT2D eigenvalue weighted by atomic mass is 9.71. The molecular formula is C50H31N3. The third-order valence-electron chi connectivity index (χ3n) is 11.1. The Morgan fingerprint density at radius 1 is 0.321 bits per heavy atom. The van der Waals surface area contributed by atoms with E-state index in [2.05, 4.69) is 188 Å². The molecule has 3 nitrogen and oxygen atoms in total. The van der Waals surface area contributed by atoms with Crippen LogP contribution in [0.5, 0.6) is 0 Å². The first-order chi connectivity index (χ1) is 26.3. The van der Waals surface area contributed by atoms with Gasteiger partial charge in [-0.2, -0.15) is 0 Å². The first-order valence-corrected chi connectivity index (χ1v) is 18.1. The number of aromatic nitrogens is 3. The lowest BCUT2D eigenvalue weighted by Gasteiger charge is -2.32. The molecule has 0 radical (unpaired) electrons. The summed E-state index contributed by atoms with van der Waals surface area (Å²) in [5.41, 5.74) is 7.00. The average molecular weight is 674 g/mol. The van der Waals surface area contributed by atoms with Crippen LogP contribution in [-0.4, -0.2) is 15.0 Å². The number of benzene rings is 9. The second-order valence-electron chi connectivity index (χ2n) is 14.0. The SMILES string of the molecule is c1ccc(C2(c3nc(-c4ccc5ccccc5c4)nc(-c4ccc5ccc6c7ccccc7ccc6c5c4)n3)c3ccccc3-c3ccccc32)cc1. The Morgan fingerprint density at radius 2 is 0.830 bits per heavy atom. The summed E-state index contributed by atoms with van der Waals surface area (Å²) in [7, 11) is 0. The Labute approximate surface area is 306 Å². The summed E-state index contributed by atoms with van der Waals surface area (Å²) < 4.78 is 0. The van der Waals surface area contributed by atoms with Crippen LogP contribution >= 0.6 is 0 Å². The van der Waals surface area contributed by atoms with E-state index >= 15 is 0 Å². The molecule has 0 spiro atoms. The van der Waals surface area contributed by atoms with Crippen LogP contribution in [0, 0.1) is 0 Å². The summed E-state index contributed by atoms with van der Waals surface area (Å²) in [4.78, 5) is 16.3. The topological polar surface area (TPSA) is 38.7 Å². The highest BCUT2D eigenvalue weighted by atomic mass is 15.0. The normalized spacial score (nSPS) is 13.1. The van der Waals surface area contributed by atoms with Crippen LogP contribution in [0.4, 0.5) is 0 Å². The summed E-state index contributed by atoms with van der Waals surface area (Å²) in [6, 6.07) is 67.3. The molecule has 1 aromatic heterocycles. The molecule has 0 aliphatic heterocycles. The zero-order valence-corrected chi connectivity index (χ0v) is 28.7. The van der Waals surface area contributed by atoms with E-state index in [9.17, 15) is 0 Å². The minimum atomic E-state index is -0.764. The van der Waals surface area contributed by atoms with Gasteiger partial charge >= 0.3 is 0 Å². The van der Waals surface area contributed by atoms with Crippen molar-refractivity contribution in [2.45, 2.75) is 5.41 Å². The molecular weight excluding hydrogens is 643 g/mol. The van der Waals surface area contributed by atoms with Crippen LogP contribution in [0.2, 0.25) is 0 Å². The van der Waals surface area contributed by atoms with E-state index in [0.29, 0.717) is 17.5 Å². The maximum Gasteiger partial charge on any atom is 0.163 e. The van der Waals surface area contributed by atoms with Gasteiger partial charge in [-0.25, -0.2) is 15.0 Å². The molecule has 0 saturated carbocycles. The van der Waals surface area contributed by atoms with Crippen LogP contribution in [0.3, 0.4) is 0 Å². The molecule has 0 unspecified atom stereocenters. The molecule has 0 fully saturated rings. The van der Waals surface area contributed by atoms with Crippen molar-refractivity contribution in [3.63, 3.8) is 0 Å². The number of hydrogen-bond acceptors (Lipinski definition) is 3. The number of nitrogens with zero attached hydrogens (tertiary/aromatic N) is 3. The molecule has 11 rings (SSSR count). The zero-order chi connectivity index (χ0) is 34.9. The molecule has 0 atom stereocenters. The van der Waals surface area contributed by atoms with Gasteiger partial charge in [0.15, 0.2) is 17.5 Å². The fourth-order valence-electron chi connectivity index (χ4n) is 8.69. The van der Waals surface area contributed by atoms with Gasteiger partial charge in [0.1, 0.15) is 5.41 Å². The molecule has 1 heterocycles. The largest absolute Gasteiger partial charge is 0.211 e. The third kappa shape index (κ3) is 4.44. The minimum Gasteiger partial charge on any atom is -0.211 e. The van der Waals surface area contributed by atoms with E-state index in [-0.39, 0.29) is 0 Å². The third-order valence-corrected chi connectivity index (χ3v) is 11.1. The van der Waals surface area contributed by atoms with Crippen LogP contribution < -0.4 is 0 Å². The second kappa shape index (κ2) is 11.5. The number of hydrogen-bond donors (Lipinski definition) is 0. The molecule has 10 aromatic rings. The van der Waals surface area contributed by atoms with Crippen LogP contribution in [0.15, 0.2) is 188 Å². The average Bonchev–Trinajstić information content (AvgIpc) is 3.54. The van der Waals surface area contributed by atoms with Gasteiger partial charge in [0.05, 0.1) is 0 Å². The molecule has 0 saturated heterocycles. The number of rotatable bonds is 4. The number of fused-ring (bicyclic) bond motifs is 9. The molecule has 0 N–H and O–H groups in total. The van der Waals surface area contributed by atoms with Gasteiger partial charge in [0.25, 0.3) is 0 Å². The van der Waals surface area contributed by atoms with E-state index in [1.807, 2.05) is 0 Å². The van der Waals surface area contributed by atoms with Crippen molar-refractivity contribution >= 4 is 43.1 Å². The summed E-state index contributed by atoms with van der Waals surface area (Å²) >= 11 is 0.